The Morgan fingerprint density at radius 1 is 1.07 bits per heavy atom. The number of nitrogens with one attached hydrogen (secondary N) is 3. The van der Waals surface area contributed by atoms with Crippen molar-refractivity contribution in [2.24, 2.45) is 0 Å². The van der Waals surface area contributed by atoms with E-state index in [2.05, 4.69) is 15.7 Å². The number of hydrogen-bond acceptors (Lipinski definition) is 3. The lowest BCUT2D eigenvalue weighted by molar-refractivity contribution is -0.132. The summed E-state index contributed by atoms with van der Waals surface area (Å²) in [6.45, 7) is 3.57. The zero-order chi connectivity index (χ0) is 19.2. The number of amides is 4. The topological polar surface area (TPSA) is 94.3 Å². The maximum atomic E-state index is 12.8. The third-order valence-electron chi connectivity index (χ3n) is 4.78. The van der Waals surface area contributed by atoms with Crippen LogP contribution in [-0.4, -0.2) is 27.8 Å². The summed E-state index contributed by atoms with van der Waals surface area (Å²) in [5.74, 6) is -1.11. The maximum Gasteiger partial charge on any atom is 0.344 e. The number of nitrogens with zero attached hydrogens (tertiary/aromatic N) is 1. The van der Waals surface area contributed by atoms with Gasteiger partial charge in [-0.25, -0.2) is 4.79 Å². The molecule has 3 aromatic rings. The third-order valence-corrected chi connectivity index (χ3v) is 4.78. The van der Waals surface area contributed by atoms with Gasteiger partial charge >= 0.3 is 6.03 Å². The Morgan fingerprint density at radius 3 is 2.56 bits per heavy atom. The Kier molecular flexibility index (Phi) is 3.73. The molecule has 0 saturated carbocycles. The molecule has 1 saturated heterocycles. The van der Waals surface area contributed by atoms with Crippen molar-refractivity contribution in [2.75, 3.05) is 0 Å². The number of H-pyrrole nitrogens is 1. The Morgan fingerprint density at radius 2 is 1.81 bits per heavy atom. The molecule has 136 valence electrons. The first-order valence-corrected chi connectivity index (χ1v) is 8.51. The van der Waals surface area contributed by atoms with Crippen molar-refractivity contribution in [3.8, 4) is 0 Å². The number of aromatic nitrogens is 1. The van der Waals surface area contributed by atoms with Crippen molar-refractivity contribution in [1.82, 2.24) is 20.7 Å². The summed E-state index contributed by atoms with van der Waals surface area (Å²) in [7, 11) is 0. The standard InChI is InChI=1S/C20H18N4O3/c1-12-8-9-13-11-16(21-15(13)10-12)17(25)23-24-18(26)20(2,22-19(24)27)14-6-4-3-5-7-14/h3-11,21H,1-2H3,(H,22,27)(H,23,25). The summed E-state index contributed by atoms with van der Waals surface area (Å²) in [5, 5.41) is 4.25. The van der Waals surface area contributed by atoms with Gasteiger partial charge in [-0.3, -0.25) is 15.0 Å². The fourth-order valence-electron chi connectivity index (χ4n) is 3.23. The van der Waals surface area contributed by atoms with E-state index in [4.69, 9.17) is 0 Å². The van der Waals surface area contributed by atoms with Crippen LogP contribution in [0.5, 0.6) is 0 Å². The zero-order valence-electron chi connectivity index (χ0n) is 14.9. The summed E-state index contributed by atoms with van der Waals surface area (Å²) in [4.78, 5) is 40.8. The quantitative estimate of drug-likeness (QED) is 0.625. The summed E-state index contributed by atoms with van der Waals surface area (Å²) < 4.78 is 0. The zero-order valence-corrected chi connectivity index (χ0v) is 14.9. The van der Waals surface area contributed by atoms with Gasteiger partial charge in [0.2, 0.25) is 0 Å². The summed E-state index contributed by atoms with van der Waals surface area (Å²) in [6, 6.07) is 15.7. The van der Waals surface area contributed by atoms with Gasteiger partial charge in [-0.15, -0.1) is 0 Å². The van der Waals surface area contributed by atoms with Gasteiger partial charge in [0.15, 0.2) is 0 Å². The highest BCUT2D eigenvalue weighted by molar-refractivity contribution is 6.09. The first kappa shape index (κ1) is 16.8. The maximum absolute atomic E-state index is 12.8. The van der Waals surface area contributed by atoms with Crippen molar-refractivity contribution in [3.05, 3.63) is 71.4 Å². The van der Waals surface area contributed by atoms with Crippen LogP contribution in [0, 0.1) is 6.92 Å². The number of imide groups is 1. The highest BCUT2D eigenvalue weighted by Gasteiger charge is 2.50. The molecule has 2 aromatic carbocycles. The number of carbonyl (C=O) groups excluding carboxylic acids is 3. The van der Waals surface area contributed by atoms with Crippen LogP contribution >= 0.6 is 0 Å². The van der Waals surface area contributed by atoms with Crippen LogP contribution in [0.4, 0.5) is 4.79 Å². The summed E-state index contributed by atoms with van der Waals surface area (Å²) >= 11 is 0. The molecule has 3 N–H and O–H groups in total. The Labute approximate surface area is 155 Å². The molecule has 2 heterocycles. The van der Waals surface area contributed by atoms with E-state index >= 15 is 0 Å². The van der Waals surface area contributed by atoms with Gasteiger partial charge in [-0.05, 0) is 37.1 Å². The molecule has 4 rings (SSSR count). The number of hydrogen-bond donors (Lipinski definition) is 3. The number of urea groups is 1. The lowest BCUT2D eigenvalue weighted by atomic mass is 9.92. The molecule has 0 aliphatic carbocycles. The molecule has 4 amide bonds. The minimum atomic E-state index is -1.23. The van der Waals surface area contributed by atoms with Crippen LogP contribution in [-0.2, 0) is 10.3 Å². The molecular formula is C20H18N4O3. The number of fused-ring (bicyclic) bond motifs is 1. The van der Waals surface area contributed by atoms with Crippen LogP contribution in [0.3, 0.4) is 0 Å². The van der Waals surface area contributed by atoms with E-state index in [0.717, 1.165) is 21.5 Å². The molecule has 1 aliphatic rings. The molecule has 1 atom stereocenters. The Balaban J connectivity index is 1.59. The summed E-state index contributed by atoms with van der Waals surface area (Å²) in [6.07, 6.45) is 0. The van der Waals surface area contributed by atoms with Crippen LogP contribution < -0.4 is 10.7 Å². The van der Waals surface area contributed by atoms with Crippen molar-refractivity contribution in [1.29, 1.82) is 0 Å². The van der Waals surface area contributed by atoms with E-state index in [1.807, 2.05) is 31.2 Å². The van der Waals surface area contributed by atoms with Gasteiger partial charge < -0.3 is 10.3 Å². The molecule has 0 spiro atoms. The van der Waals surface area contributed by atoms with E-state index in [1.165, 1.54) is 0 Å². The van der Waals surface area contributed by atoms with E-state index in [-0.39, 0.29) is 5.69 Å². The highest BCUT2D eigenvalue weighted by Crippen LogP contribution is 2.27. The van der Waals surface area contributed by atoms with Crippen molar-refractivity contribution >= 4 is 28.7 Å². The van der Waals surface area contributed by atoms with Gasteiger partial charge in [0, 0.05) is 10.9 Å². The molecule has 1 fully saturated rings. The predicted molar refractivity (Wildman–Crippen MR) is 99.7 cm³/mol. The second-order valence-corrected chi connectivity index (χ2v) is 6.78. The molecule has 27 heavy (non-hydrogen) atoms. The molecular weight excluding hydrogens is 344 g/mol. The first-order valence-electron chi connectivity index (χ1n) is 8.51. The number of rotatable bonds is 3. The third kappa shape index (κ3) is 2.73. The average molecular weight is 362 g/mol. The molecule has 7 heteroatoms. The van der Waals surface area contributed by atoms with E-state index in [1.54, 1.807) is 37.3 Å². The van der Waals surface area contributed by atoms with E-state index in [0.29, 0.717) is 5.56 Å². The summed E-state index contributed by atoms with van der Waals surface area (Å²) in [5.41, 5.74) is 3.94. The van der Waals surface area contributed by atoms with Gasteiger partial charge in [-0.1, -0.05) is 42.5 Å². The first-order chi connectivity index (χ1) is 12.9. The van der Waals surface area contributed by atoms with Crippen LogP contribution in [0.15, 0.2) is 54.6 Å². The molecule has 7 nitrogen and oxygen atoms in total. The normalized spacial score (nSPS) is 19.4. The predicted octanol–water partition coefficient (Wildman–Crippen LogP) is 2.59. The van der Waals surface area contributed by atoms with Gasteiger partial charge in [0.1, 0.15) is 11.2 Å². The highest BCUT2D eigenvalue weighted by atomic mass is 16.2. The SMILES string of the molecule is Cc1ccc2cc(C(=O)NN3C(=O)NC(C)(c4ccccc4)C3=O)[nH]c2c1. The van der Waals surface area contributed by atoms with Crippen LogP contribution in [0.2, 0.25) is 0 Å². The molecule has 1 aliphatic heterocycles. The monoisotopic (exact) mass is 362 g/mol. The van der Waals surface area contributed by atoms with E-state index in [9.17, 15) is 14.4 Å². The van der Waals surface area contributed by atoms with Crippen molar-refractivity contribution in [3.63, 3.8) is 0 Å². The van der Waals surface area contributed by atoms with Crippen LogP contribution in [0.1, 0.15) is 28.5 Å². The fraction of sp³-hybridized carbons (Fsp3) is 0.150. The van der Waals surface area contributed by atoms with Gasteiger partial charge in [0.25, 0.3) is 11.8 Å². The van der Waals surface area contributed by atoms with E-state index < -0.39 is 23.4 Å². The fourth-order valence-corrected chi connectivity index (χ4v) is 3.23. The van der Waals surface area contributed by atoms with Crippen molar-refractivity contribution < 1.29 is 14.4 Å². The minimum absolute atomic E-state index is 0.268. The molecule has 1 aromatic heterocycles. The van der Waals surface area contributed by atoms with Crippen LogP contribution in [0.25, 0.3) is 10.9 Å². The number of benzene rings is 2. The van der Waals surface area contributed by atoms with Gasteiger partial charge in [-0.2, -0.15) is 5.01 Å². The lowest BCUT2D eigenvalue weighted by Gasteiger charge is -2.21. The minimum Gasteiger partial charge on any atom is -0.350 e. The smallest absolute Gasteiger partial charge is 0.344 e. The van der Waals surface area contributed by atoms with Gasteiger partial charge in [0.05, 0.1) is 0 Å². The molecule has 0 bridgehead atoms. The van der Waals surface area contributed by atoms with Crippen molar-refractivity contribution in [2.45, 2.75) is 19.4 Å². The lowest BCUT2D eigenvalue weighted by Crippen LogP contribution is -2.48. The second-order valence-electron chi connectivity index (χ2n) is 6.78. The second kappa shape index (κ2) is 5.98. The largest absolute Gasteiger partial charge is 0.350 e. The Hall–Kier alpha value is -3.61. The molecule has 0 radical (unpaired) electrons. The molecule has 1 unspecified atom stereocenters. The number of hydrazine groups is 1. The number of aromatic amines is 1. The Bertz CT molecular complexity index is 1070. The number of aryl methyl sites for hydroxylation is 1. The average Bonchev–Trinajstić information content (AvgIpc) is 3.17. The number of carbonyl (C=O) groups is 3.